The van der Waals surface area contributed by atoms with Crippen molar-refractivity contribution >= 4 is 17.8 Å². The first-order valence-electron chi connectivity index (χ1n) is 9.65. The fourth-order valence-corrected chi connectivity index (χ4v) is 2.59. The number of carbonyl (C=O) groups is 3. The van der Waals surface area contributed by atoms with Gasteiger partial charge < -0.3 is 38.5 Å². The van der Waals surface area contributed by atoms with E-state index >= 15 is 0 Å². The lowest BCUT2D eigenvalue weighted by Gasteiger charge is -2.13. The van der Waals surface area contributed by atoms with Gasteiger partial charge in [0.05, 0.1) is 12.9 Å². The quantitative estimate of drug-likeness (QED) is 0.226. The number of quaternary nitrogens is 1. The Bertz CT molecular complexity index is 813. The predicted octanol–water partition coefficient (Wildman–Crippen LogP) is -2.58. The topological polar surface area (TPSA) is 141 Å². The summed E-state index contributed by atoms with van der Waals surface area (Å²) in [6.45, 7) is 3.00. The standard InChI is InChI=1S/C20H27N5O4.ClH/c1-14(20(28)29-12-15-8-4-2-5-9-15)25-19(27)17-16(23-13-24-17)18(26)22-11-7-3-6-10-21;/h2,4-5,8-9,13-14H,3,6-7,10-12,21H2,1H3,(H,22,26)(H,23,24)(H,25,27);1H. The van der Waals surface area contributed by atoms with Crippen LogP contribution in [-0.2, 0) is 16.1 Å². The van der Waals surface area contributed by atoms with Crippen LogP contribution in [0.5, 0.6) is 0 Å². The molecular weight excluding hydrogens is 410 g/mol. The van der Waals surface area contributed by atoms with Gasteiger partial charge in [-0.15, -0.1) is 0 Å². The lowest BCUT2D eigenvalue weighted by Crippen LogP contribution is -3.00. The Balaban J connectivity index is 0.00000450. The van der Waals surface area contributed by atoms with Crippen LogP contribution >= 0.6 is 0 Å². The summed E-state index contributed by atoms with van der Waals surface area (Å²) in [5.74, 6) is -1.62. The molecule has 0 aliphatic heterocycles. The zero-order valence-electron chi connectivity index (χ0n) is 16.9. The summed E-state index contributed by atoms with van der Waals surface area (Å²) in [5.41, 5.74) is 4.62. The Labute approximate surface area is 181 Å². The number of H-pyrrole nitrogens is 1. The number of halogens is 1. The van der Waals surface area contributed by atoms with Crippen LogP contribution in [0.2, 0.25) is 0 Å². The first-order chi connectivity index (χ1) is 14.0. The van der Waals surface area contributed by atoms with Gasteiger partial charge in [-0.3, -0.25) is 9.59 Å². The van der Waals surface area contributed by atoms with Gasteiger partial charge >= 0.3 is 5.97 Å². The molecule has 9 nitrogen and oxygen atoms in total. The molecule has 0 aliphatic rings. The molecule has 0 saturated heterocycles. The van der Waals surface area contributed by atoms with Crippen LogP contribution in [0.4, 0.5) is 0 Å². The minimum absolute atomic E-state index is 0. The fraction of sp³-hybridized carbons (Fsp3) is 0.400. The highest BCUT2D eigenvalue weighted by molar-refractivity contribution is 6.05. The highest BCUT2D eigenvalue weighted by Gasteiger charge is 2.24. The van der Waals surface area contributed by atoms with Crippen LogP contribution in [0, 0.1) is 0 Å². The predicted molar refractivity (Wildman–Crippen MR) is 106 cm³/mol. The van der Waals surface area contributed by atoms with Gasteiger partial charge in [0.2, 0.25) is 0 Å². The maximum atomic E-state index is 12.4. The van der Waals surface area contributed by atoms with E-state index < -0.39 is 23.8 Å². The molecule has 6 N–H and O–H groups in total. The number of unbranched alkanes of at least 4 members (excludes halogenated alkanes) is 2. The van der Waals surface area contributed by atoms with E-state index in [4.69, 9.17) is 4.74 Å². The number of hydrogen-bond acceptors (Lipinski definition) is 5. The molecule has 0 aliphatic carbocycles. The summed E-state index contributed by atoms with van der Waals surface area (Å²) in [7, 11) is 0. The summed E-state index contributed by atoms with van der Waals surface area (Å²) in [5, 5.41) is 5.27. The van der Waals surface area contributed by atoms with E-state index in [9.17, 15) is 14.4 Å². The highest BCUT2D eigenvalue weighted by atomic mass is 35.5. The molecule has 1 aromatic carbocycles. The van der Waals surface area contributed by atoms with Crippen molar-refractivity contribution in [2.45, 2.75) is 38.8 Å². The van der Waals surface area contributed by atoms with Crippen molar-refractivity contribution in [3.8, 4) is 0 Å². The van der Waals surface area contributed by atoms with Crippen molar-refractivity contribution in [1.82, 2.24) is 20.6 Å². The summed E-state index contributed by atoms with van der Waals surface area (Å²) in [6.07, 6.45) is 4.08. The van der Waals surface area contributed by atoms with Crippen molar-refractivity contribution in [2.24, 2.45) is 0 Å². The highest BCUT2D eigenvalue weighted by Crippen LogP contribution is 2.05. The number of ether oxygens (including phenoxy) is 1. The maximum Gasteiger partial charge on any atom is 0.328 e. The number of rotatable bonds is 11. The third-order valence-corrected chi connectivity index (χ3v) is 4.22. The molecule has 30 heavy (non-hydrogen) atoms. The molecule has 1 aromatic heterocycles. The number of nitrogens with zero attached hydrogens (tertiary/aromatic N) is 1. The van der Waals surface area contributed by atoms with Gasteiger partial charge in [-0.05, 0) is 31.7 Å². The number of aromatic nitrogens is 2. The number of benzene rings is 1. The first-order valence-corrected chi connectivity index (χ1v) is 9.65. The van der Waals surface area contributed by atoms with E-state index in [2.05, 4.69) is 26.3 Å². The zero-order chi connectivity index (χ0) is 21.1. The van der Waals surface area contributed by atoms with Crippen LogP contribution in [0.3, 0.4) is 0 Å². The fourth-order valence-electron chi connectivity index (χ4n) is 2.59. The Kier molecular flexibility index (Phi) is 11.2. The summed E-state index contributed by atoms with van der Waals surface area (Å²) < 4.78 is 5.21. The smallest absolute Gasteiger partial charge is 0.328 e. The maximum absolute atomic E-state index is 12.4. The summed E-state index contributed by atoms with van der Waals surface area (Å²) >= 11 is 0. The first kappa shape index (κ1) is 25.1. The second kappa shape index (κ2) is 13.3. The molecule has 0 bridgehead atoms. The van der Waals surface area contributed by atoms with E-state index in [1.807, 2.05) is 30.3 Å². The molecule has 0 fully saturated rings. The Morgan fingerprint density at radius 2 is 1.87 bits per heavy atom. The number of amides is 2. The molecule has 1 heterocycles. The van der Waals surface area contributed by atoms with E-state index in [-0.39, 0.29) is 30.4 Å². The van der Waals surface area contributed by atoms with Crippen molar-refractivity contribution in [1.29, 1.82) is 0 Å². The van der Waals surface area contributed by atoms with Gasteiger partial charge in [0.25, 0.3) is 11.8 Å². The van der Waals surface area contributed by atoms with Crippen molar-refractivity contribution in [3.63, 3.8) is 0 Å². The van der Waals surface area contributed by atoms with Crippen molar-refractivity contribution < 1.29 is 37.3 Å². The minimum Gasteiger partial charge on any atom is -1.00 e. The summed E-state index contributed by atoms with van der Waals surface area (Å²) in [6, 6.07) is 8.35. The monoisotopic (exact) mass is 437 g/mol. The lowest BCUT2D eigenvalue weighted by molar-refractivity contribution is -0.368. The van der Waals surface area contributed by atoms with Gasteiger partial charge in [0, 0.05) is 6.54 Å². The van der Waals surface area contributed by atoms with E-state index in [1.165, 1.54) is 13.3 Å². The molecule has 2 rings (SSSR count). The molecular formula is C20H28ClN5O4. The van der Waals surface area contributed by atoms with Crippen molar-refractivity contribution in [2.75, 3.05) is 13.1 Å². The van der Waals surface area contributed by atoms with Gasteiger partial charge in [-0.25, -0.2) is 9.78 Å². The van der Waals surface area contributed by atoms with Gasteiger partial charge in [0.1, 0.15) is 18.3 Å². The molecule has 1 unspecified atom stereocenters. The third kappa shape index (κ3) is 7.84. The second-order valence-electron chi connectivity index (χ2n) is 6.58. The normalized spacial score (nSPS) is 11.1. The Morgan fingerprint density at radius 3 is 2.57 bits per heavy atom. The second-order valence-corrected chi connectivity index (χ2v) is 6.58. The van der Waals surface area contributed by atoms with Crippen LogP contribution in [0.15, 0.2) is 36.7 Å². The third-order valence-electron chi connectivity index (χ3n) is 4.22. The largest absolute Gasteiger partial charge is 1.00 e. The van der Waals surface area contributed by atoms with Gasteiger partial charge in [-0.2, -0.15) is 0 Å². The molecule has 1 atom stereocenters. The van der Waals surface area contributed by atoms with Crippen LogP contribution in [0.25, 0.3) is 0 Å². The number of esters is 1. The number of imidazole rings is 1. The summed E-state index contributed by atoms with van der Waals surface area (Å²) in [4.78, 5) is 43.4. The van der Waals surface area contributed by atoms with E-state index in [0.717, 1.165) is 31.4 Å². The number of aromatic amines is 1. The molecule has 2 amide bonds. The number of hydrogen-bond donors (Lipinski definition) is 4. The van der Waals surface area contributed by atoms with Crippen molar-refractivity contribution in [3.05, 3.63) is 53.6 Å². The average molecular weight is 438 g/mol. The lowest BCUT2D eigenvalue weighted by atomic mass is 10.2. The Morgan fingerprint density at radius 1 is 1.13 bits per heavy atom. The number of carbonyl (C=O) groups excluding carboxylic acids is 3. The SMILES string of the molecule is CC(NC(=O)c1nc[nH]c1C(=O)NCCCCC[NH3+])C(=O)OCc1ccccc1.[Cl-]. The zero-order valence-corrected chi connectivity index (χ0v) is 17.7. The minimum atomic E-state index is -0.888. The molecule has 0 saturated carbocycles. The van der Waals surface area contributed by atoms with E-state index in [0.29, 0.717) is 6.54 Å². The molecule has 0 radical (unpaired) electrons. The molecule has 164 valence electrons. The van der Waals surface area contributed by atoms with Gasteiger partial charge in [0.15, 0.2) is 5.69 Å². The van der Waals surface area contributed by atoms with Crippen LogP contribution in [-0.4, -0.2) is 46.9 Å². The Hall–Kier alpha value is -2.91. The molecule has 10 heteroatoms. The van der Waals surface area contributed by atoms with Crippen LogP contribution < -0.4 is 28.8 Å². The molecule has 2 aromatic rings. The molecule has 0 spiro atoms. The van der Waals surface area contributed by atoms with Crippen LogP contribution in [0.1, 0.15) is 52.7 Å². The van der Waals surface area contributed by atoms with Gasteiger partial charge in [-0.1, -0.05) is 30.3 Å². The average Bonchev–Trinajstić information content (AvgIpc) is 3.22. The van der Waals surface area contributed by atoms with E-state index in [1.54, 1.807) is 0 Å². The number of nitrogens with one attached hydrogen (secondary N) is 3.